The van der Waals surface area contributed by atoms with Crippen molar-refractivity contribution < 1.29 is 9.59 Å². The number of nitrogens with zero attached hydrogens (tertiary/aromatic N) is 1. The summed E-state index contributed by atoms with van der Waals surface area (Å²) in [6, 6.07) is 11.6. The average Bonchev–Trinajstić information content (AvgIpc) is 3.14. The molecule has 0 saturated heterocycles. The number of amides is 2. The molecule has 1 N–H and O–H groups in total. The standard InChI is InChI=1S/C19H23BrN2O2S/c1-3-12-22(14(2)15-7-4-5-8-16(15)20)18(23)10-11-21-19(24)17-9-6-13-25-17/h4-9,13-14H,3,10-12H2,1-2H3,(H,21,24). The van der Waals surface area contributed by atoms with Crippen molar-refractivity contribution in [3.63, 3.8) is 0 Å². The van der Waals surface area contributed by atoms with E-state index < -0.39 is 0 Å². The van der Waals surface area contributed by atoms with E-state index >= 15 is 0 Å². The molecule has 0 saturated carbocycles. The van der Waals surface area contributed by atoms with Crippen LogP contribution in [0.4, 0.5) is 0 Å². The average molecular weight is 423 g/mol. The third-order valence-corrected chi connectivity index (χ3v) is 5.57. The van der Waals surface area contributed by atoms with Gasteiger partial charge in [0.1, 0.15) is 0 Å². The first-order valence-electron chi connectivity index (χ1n) is 8.40. The van der Waals surface area contributed by atoms with E-state index in [4.69, 9.17) is 0 Å². The predicted molar refractivity (Wildman–Crippen MR) is 106 cm³/mol. The zero-order valence-electron chi connectivity index (χ0n) is 14.5. The van der Waals surface area contributed by atoms with E-state index in [1.165, 1.54) is 11.3 Å². The Bertz CT molecular complexity index is 703. The number of hydrogen-bond donors (Lipinski definition) is 1. The summed E-state index contributed by atoms with van der Waals surface area (Å²) in [5.74, 6) is -0.0692. The molecule has 25 heavy (non-hydrogen) atoms. The molecule has 1 unspecified atom stereocenters. The maximum atomic E-state index is 12.7. The summed E-state index contributed by atoms with van der Waals surface area (Å²) >= 11 is 4.96. The Morgan fingerprint density at radius 2 is 2.00 bits per heavy atom. The molecule has 2 aromatic rings. The first kappa shape index (κ1) is 19.7. The lowest BCUT2D eigenvalue weighted by molar-refractivity contribution is -0.133. The Morgan fingerprint density at radius 1 is 1.24 bits per heavy atom. The maximum Gasteiger partial charge on any atom is 0.261 e. The van der Waals surface area contributed by atoms with Gasteiger partial charge in [0, 0.05) is 24.0 Å². The molecule has 1 aromatic carbocycles. The molecular weight excluding hydrogens is 400 g/mol. The Balaban J connectivity index is 1.95. The van der Waals surface area contributed by atoms with E-state index in [1.54, 1.807) is 6.07 Å². The number of nitrogens with one attached hydrogen (secondary N) is 1. The van der Waals surface area contributed by atoms with Gasteiger partial charge >= 0.3 is 0 Å². The van der Waals surface area contributed by atoms with Crippen molar-refractivity contribution in [3.8, 4) is 0 Å². The number of thiophene rings is 1. The zero-order valence-corrected chi connectivity index (χ0v) is 16.9. The predicted octanol–water partition coefficient (Wildman–Crippen LogP) is 4.63. The summed E-state index contributed by atoms with van der Waals surface area (Å²) in [7, 11) is 0. The van der Waals surface area contributed by atoms with Crippen LogP contribution in [0.3, 0.4) is 0 Å². The molecule has 0 bridgehead atoms. The van der Waals surface area contributed by atoms with Crippen LogP contribution >= 0.6 is 27.3 Å². The van der Waals surface area contributed by atoms with Crippen molar-refractivity contribution in [3.05, 3.63) is 56.7 Å². The van der Waals surface area contributed by atoms with Crippen LogP contribution < -0.4 is 5.32 Å². The highest BCUT2D eigenvalue weighted by Crippen LogP contribution is 2.28. The summed E-state index contributed by atoms with van der Waals surface area (Å²) in [6.45, 7) is 5.14. The molecular formula is C19H23BrN2O2S. The molecule has 1 aromatic heterocycles. The van der Waals surface area contributed by atoms with Crippen molar-refractivity contribution in [2.75, 3.05) is 13.1 Å². The molecule has 0 aliphatic carbocycles. The smallest absolute Gasteiger partial charge is 0.261 e. The van der Waals surface area contributed by atoms with Crippen molar-refractivity contribution in [2.24, 2.45) is 0 Å². The summed E-state index contributed by atoms with van der Waals surface area (Å²) in [6.07, 6.45) is 1.19. The molecule has 0 aliphatic heterocycles. The topological polar surface area (TPSA) is 49.4 Å². The maximum absolute atomic E-state index is 12.7. The van der Waals surface area contributed by atoms with E-state index in [1.807, 2.05) is 47.5 Å². The van der Waals surface area contributed by atoms with Crippen molar-refractivity contribution >= 4 is 39.1 Å². The second-order valence-electron chi connectivity index (χ2n) is 5.77. The lowest BCUT2D eigenvalue weighted by Gasteiger charge is -2.30. The number of benzene rings is 1. The van der Waals surface area contributed by atoms with Crippen LogP contribution in [0.2, 0.25) is 0 Å². The van der Waals surface area contributed by atoms with Gasteiger partial charge < -0.3 is 10.2 Å². The van der Waals surface area contributed by atoms with Gasteiger partial charge in [-0.25, -0.2) is 0 Å². The van der Waals surface area contributed by atoms with Crippen LogP contribution in [-0.2, 0) is 4.79 Å². The van der Waals surface area contributed by atoms with E-state index in [0.717, 1.165) is 16.5 Å². The number of rotatable bonds is 8. The van der Waals surface area contributed by atoms with E-state index in [0.29, 0.717) is 24.4 Å². The van der Waals surface area contributed by atoms with Crippen molar-refractivity contribution in [1.82, 2.24) is 10.2 Å². The lowest BCUT2D eigenvalue weighted by Crippen LogP contribution is -2.37. The van der Waals surface area contributed by atoms with Crippen LogP contribution in [0.15, 0.2) is 46.3 Å². The highest BCUT2D eigenvalue weighted by atomic mass is 79.9. The molecule has 6 heteroatoms. The number of halogens is 1. The van der Waals surface area contributed by atoms with Gasteiger partial charge in [0.05, 0.1) is 10.9 Å². The van der Waals surface area contributed by atoms with Crippen molar-refractivity contribution in [2.45, 2.75) is 32.7 Å². The molecule has 4 nitrogen and oxygen atoms in total. The lowest BCUT2D eigenvalue weighted by atomic mass is 10.1. The highest BCUT2D eigenvalue weighted by Gasteiger charge is 2.22. The van der Waals surface area contributed by atoms with Crippen LogP contribution in [0.1, 0.15) is 48.0 Å². The SMILES string of the molecule is CCCN(C(=O)CCNC(=O)c1cccs1)C(C)c1ccccc1Br. The van der Waals surface area contributed by atoms with Gasteiger partial charge in [-0.05, 0) is 36.4 Å². The second-order valence-corrected chi connectivity index (χ2v) is 7.57. The Morgan fingerprint density at radius 3 is 2.64 bits per heavy atom. The second kappa shape index (κ2) is 9.73. The molecule has 0 spiro atoms. The Kier molecular flexibility index (Phi) is 7.65. The summed E-state index contributed by atoms with van der Waals surface area (Å²) < 4.78 is 1.00. The summed E-state index contributed by atoms with van der Waals surface area (Å²) in [4.78, 5) is 27.2. The Hall–Kier alpha value is -1.66. The van der Waals surface area contributed by atoms with Gasteiger partial charge in [0.25, 0.3) is 5.91 Å². The largest absolute Gasteiger partial charge is 0.351 e. The minimum absolute atomic E-state index is 0.0176. The fraction of sp³-hybridized carbons (Fsp3) is 0.368. The number of carbonyl (C=O) groups excluding carboxylic acids is 2. The van der Waals surface area contributed by atoms with Gasteiger partial charge in [0.2, 0.25) is 5.91 Å². The number of hydrogen-bond acceptors (Lipinski definition) is 3. The minimum Gasteiger partial charge on any atom is -0.351 e. The fourth-order valence-corrected chi connectivity index (χ4v) is 3.93. The monoisotopic (exact) mass is 422 g/mol. The molecule has 134 valence electrons. The zero-order chi connectivity index (χ0) is 18.2. The molecule has 1 atom stereocenters. The first-order chi connectivity index (χ1) is 12.0. The number of carbonyl (C=O) groups is 2. The van der Waals surface area contributed by atoms with Crippen molar-refractivity contribution in [1.29, 1.82) is 0 Å². The van der Waals surface area contributed by atoms with Gasteiger partial charge in [0.15, 0.2) is 0 Å². The van der Waals surface area contributed by atoms with E-state index in [-0.39, 0.29) is 17.9 Å². The minimum atomic E-state index is -0.122. The van der Waals surface area contributed by atoms with Crippen LogP contribution in [0.5, 0.6) is 0 Å². The fourth-order valence-electron chi connectivity index (χ4n) is 2.68. The van der Waals surface area contributed by atoms with Gasteiger partial charge in [-0.15, -0.1) is 11.3 Å². The van der Waals surface area contributed by atoms with Crippen LogP contribution in [-0.4, -0.2) is 29.8 Å². The molecule has 1 heterocycles. The normalized spacial score (nSPS) is 11.8. The summed E-state index contributed by atoms with van der Waals surface area (Å²) in [5, 5.41) is 4.68. The molecule has 2 amide bonds. The molecule has 0 radical (unpaired) electrons. The Labute approximate surface area is 161 Å². The molecule has 0 fully saturated rings. The third kappa shape index (κ3) is 5.41. The molecule has 2 rings (SSSR count). The van der Waals surface area contributed by atoms with Gasteiger partial charge in [-0.1, -0.05) is 47.1 Å². The van der Waals surface area contributed by atoms with E-state index in [2.05, 4.69) is 28.2 Å². The highest BCUT2D eigenvalue weighted by molar-refractivity contribution is 9.10. The quantitative estimate of drug-likeness (QED) is 0.673. The summed E-state index contributed by atoms with van der Waals surface area (Å²) in [5.41, 5.74) is 1.09. The first-order valence-corrected chi connectivity index (χ1v) is 10.1. The van der Waals surface area contributed by atoms with Crippen LogP contribution in [0.25, 0.3) is 0 Å². The van der Waals surface area contributed by atoms with Gasteiger partial charge in [-0.3, -0.25) is 9.59 Å². The van der Waals surface area contributed by atoms with Gasteiger partial charge in [-0.2, -0.15) is 0 Å². The van der Waals surface area contributed by atoms with E-state index in [9.17, 15) is 9.59 Å². The molecule has 0 aliphatic rings. The third-order valence-electron chi connectivity index (χ3n) is 3.98. The van der Waals surface area contributed by atoms with Crippen LogP contribution in [0, 0.1) is 0 Å².